The smallest absolute Gasteiger partial charge is 0.319 e. The number of rotatable bonds is 1. The first kappa shape index (κ1) is 11.8. The maximum Gasteiger partial charge on any atom is 0.319 e. The first-order chi connectivity index (χ1) is 7.89. The predicted octanol–water partition coefficient (Wildman–Crippen LogP) is 2.31. The molecule has 17 heavy (non-hydrogen) atoms. The molecule has 0 unspecified atom stereocenters. The quantitative estimate of drug-likeness (QED) is 0.810. The van der Waals surface area contributed by atoms with Crippen LogP contribution in [0, 0.1) is 0 Å². The van der Waals surface area contributed by atoms with Gasteiger partial charge in [0.25, 0.3) is 0 Å². The molecule has 0 radical (unpaired) electrons. The lowest BCUT2D eigenvalue weighted by molar-refractivity contribution is 0.249. The molecule has 4 heteroatoms. The number of benzene rings is 1. The summed E-state index contributed by atoms with van der Waals surface area (Å²) < 4.78 is 5.50. The van der Waals surface area contributed by atoms with Gasteiger partial charge in [0.2, 0.25) is 0 Å². The minimum Gasteiger partial charge on any atom is -0.493 e. The molecule has 0 atom stereocenters. The molecular weight excluding hydrogens is 216 g/mol. The van der Waals surface area contributed by atoms with E-state index in [0.29, 0.717) is 6.61 Å². The van der Waals surface area contributed by atoms with Gasteiger partial charge in [0, 0.05) is 23.7 Å². The number of primary amides is 1. The standard InChI is InChI=1S/C13H18N2O2/c1-13(2,3)15(12(14)16)10-5-4-9-6-7-17-11(9)8-10/h4-5,8H,6-7H2,1-3H3,(H2,14,16). The number of ether oxygens (including phenoxy) is 1. The molecule has 0 aromatic heterocycles. The lowest BCUT2D eigenvalue weighted by Gasteiger charge is -2.34. The number of urea groups is 1. The van der Waals surface area contributed by atoms with E-state index in [9.17, 15) is 4.79 Å². The molecule has 0 saturated carbocycles. The molecule has 0 aliphatic carbocycles. The molecule has 1 heterocycles. The highest BCUT2D eigenvalue weighted by atomic mass is 16.5. The van der Waals surface area contributed by atoms with Crippen molar-refractivity contribution in [1.29, 1.82) is 0 Å². The summed E-state index contributed by atoms with van der Waals surface area (Å²) in [6, 6.07) is 5.36. The van der Waals surface area contributed by atoms with Crippen LogP contribution in [0.15, 0.2) is 18.2 Å². The fourth-order valence-corrected chi connectivity index (χ4v) is 2.14. The minimum atomic E-state index is -0.449. The van der Waals surface area contributed by atoms with Gasteiger partial charge in [-0.15, -0.1) is 0 Å². The van der Waals surface area contributed by atoms with Crippen molar-refractivity contribution >= 4 is 11.7 Å². The Hall–Kier alpha value is -1.71. The SMILES string of the molecule is CC(C)(C)N(C(N)=O)c1ccc2c(c1)OCC2. The third kappa shape index (κ3) is 2.20. The minimum absolute atomic E-state index is 0.349. The number of nitrogens with two attached hydrogens (primary N) is 1. The van der Waals surface area contributed by atoms with Crippen molar-refractivity contribution in [3.8, 4) is 5.75 Å². The Morgan fingerprint density at radius 2 is 2.12 bits per heavy atom. The monoisotopic (exact) mass is 234 g/mol. The number of amides is 2. The zero-order valence-corrected chi connectivity index (χ0v) is 10.5. The summed E-state index contributed by atoms with van der Waals surface area (Å²) in [5, 5.41) is 0. The van der Waals surface area contributed by atoms with Gasteiger partial charge in [0.1, 0.15) is 5.75 Å². The van der Waals surface area contributed by atoms with Crippen molar-refractivity contribution in [2.24, 2.45) is 5.73 Å². The molecule has 2 amide bonds. The second kappa shape index (κ2) is 3.95. The van der Waals surface area contributed by atoms with Gasteiger partial charge in [-0.25, -0.2) is 4.79 Å². The fourth-order valence-electron chi connectivity index (χ4n) is 2.14. The van der Waals surface area contributed by atoms with E-state index in [-0.39, 0.29) is 5.54 Å². The Kier molecular flexibility index (Phi) is 2.73. The van der Waals surface area contributed by atoms with Crippen molar-refractivity contribution in [2.75, 3.05) is 11.5 Å². The van der Waals surface area contributed by atoms with E-state index in [2.05, 4.69) is 0 Å². The summed E-state index contributed by atoms with van der Waals surface area (Å²) in [5.74, 6) is 0.859. The van der Waals surface area contributed by atoms with Gasteiger partial charge in [0.15, 0.2) is 0 Å². The summed E-state index contributed by atoms with van der Waals surface area (Å²) >= 11 is 0. The number of nitrogens with zero attached hydrogens (tertiary/aromatic N) is 1. The van der Waals surface area contributed by atoms with Crippen LogP contribution in [0.25, 0.3) is 0 Å². The highest BCUT2D eigenvalue weighted by Crippen LogP contribution is 2.32. The van der Waals surface area contributed by atoms with Crippen LogP contribution in [0.5, 0.6) is 5.75 Å². The summed E-state index contributed by atoms with van der Waals surface area (Å²) in [4.78, 5) is 13.1. The van der Waals surface area contributed by atoms with Crippen LogP contribution in [0.1, 0.15) is 26.3 Å². The predicted molar refractivity (Wildman–Crippen MR) is 67.5 cm³/mol. The lowest BCUT2D eigenvalue weighted by atomic mass is 10.0. The van der Waals surface area contributed by atoms with Crippen LogP contribution in [0.3, 0.4) is 0 Å². The third-order valence-electron chi connectivity index (χ3n) is 2.83. The molecule has 1 aromatic carbocycles. The van der Waals surface area contributed by atoms with Crippen LogP contribution in [0.2, 0.25) is 0 Å². The molecule has 1 aliphatic heterocycles. The zero-order chi connectivity index (χ0) is 12.6. The van der Waals surface area contributed by atoms with E-state index in [1.165, 1.54) is 5.56 Å². The van der Waals surface area contributed by atoms with Gasteiger partial charge in [-0.3, -0.25) is 4.90 Å². The van der Waals surface area contributed by atoms with Crippen LogP contribution in [-0.2, 0) is 6.42 Å². The first-order valence-corrected chi connectivity index (χ1v) is 5.75. The molecule has 4 nitrogen and oxygen atoms in total. The van der Waals surface area contributed by atoms with Gasteiger partial charge in [-0.1, -0.05) is 6.07 Å². The van der Waals surface area contributed by atoms with Crippen molar-refractivity contribution in [2.45, 2.75) is 32.7 Å². The maximum atomic E-state index is 11.6. The highest BCUT2D eigenvalue weighted by molar-refractivity contribution is 5.92. The Labute approximate surface area is 101 Å². The van der Waals surface area contributed by atoms with E-state index < -0.39 is 6.03 Å². The first-order valence-electron chi connectivity index (χ1n) is 5.75. The Morgan fingerprint density at radius 1 is 1.41 bits per heavy atom. The van der Waals surface area contributed by atoms with Gasteiger partial charge < -0.3 is 10.5 Å². The van der Waals surface area contributed by atoms with E-state index in [1.807, 2.05) is 39.0 Å². The number of carbonyl (C=O) groups is 1. The van der Waals surface area contributed by atoms with E-state index in [1.54, 1.807) is 4.90 Å². The number of anilines is 1. The molecule has 1 aromatic rings. The van der Waals surface area contributed by atoms with Gasteiger partial charge in [-0.05, 0) is 32.4 Å². The maximum absolute atomic E-state index is 11.6. The van der Waals surface area contributed by atoms with Crippen LogP contribution < -0.4 is 15.4 Å². The van der Waals surface area contributed by atoms with E-state index in [0.717, 1.165) is 17.9 Å². The average Bonchev–Trinajstić information content (AvgIpc) is 2.61. The molecular formula is C13H18N2O2. The Bertz CT molecular complexity index is 449. The summed E-state index contributed by atoms with van der Waals surface area (Å²) in [6.45, 7) is 6.56. The van der Waals surface area contributed by atoms with E-state index >= 15 is 0 Å². The van der Waals surface area contributed by atoms with Crippen molar-refractivity contribution in [1.82, 2.24) is 0 Å². The van der Waals surface area contributed by atoms with E-state index in [4.69, 9.17) is 10.5 Å². The van der Waals surface area contributed by atoms with Crippen LogP contribution in [-0.4, -0.2) is 18.2 Å². The Morgan fingerprint density at radius 3 is 2.71 bits per heavy atom. The summed E-state index contributed by atoms with van der Waals surface area (Å²) in [6.07, 6.45) is 0.932. The van der Waals surface area contributed by atoms with Gasteiger partial charge in [0.05, 0.1) is 6.61 Å². The highest BCUT2D eigenvalue weighted by Gasteiger charge is 2.27. The van der Waals surface area contributed by atoms with Crippen molar-refractivity contribution < 1.29 is 9.53 Å². The average molecular weight is 234 g/mol. The largest absolute Gasteiger partial charge is 0.493 e. The molecule has 0 fully saturated rings. The van der Waals surface area contributed by atoms with Gasteiger partial charge >= 0.3 is 6.03 Å². The Balaban J connectivity index is 2.41. The molecule has 0 bridgehead atoms. The summed E-state index contributed by atoms with van der Waals surface area (Å²) in [5.41, 5.74) is 7.07. The molecule has 92 valence electrons. The number of hydrogen-bond acceptors (Lipinski definition) is 2. The molecule has 2 rings (SSSR count). The van der Waals surface area contributed by atoms with Crippen LogP contribution in [0.4, 0.5) is 10.5 Å². The molecule has 0 saturated heterocycles. The van der Waals surface area contributed by atoms with Gasteiger partial charge in [-0.2, -0.15) is 0 Å². The van der Waals surface area contributed by atoms with Crippen LogP contribution >= 0.6 is 0 Å². The second-order valence-corrected chi connectivity index (χ2v) is 5.23. The fraction of sp³-hybridized carbons (Fsp3) is 0.462. The molecule has 1 aliphatic rings. The van der Waals surface area contributed by atoms with Crippen molar-refractivity contribution in [3.05, 3.63) is 23.8 Å². The van der Waals surface area contributed by atoms with Crippen molar-refractivity contribution in [3.63, 3.8) is 0 Å². The topological polar surface area (TPSA) is 55.6 Å². The number of hydrogen-bond donors (Lipinski definition) is 1. The normalized spacial score (nSPS) is 14.1. The third-order valence-corrected chi connectivity index (χ3v) is 2.83. The number of fused-ring (bicyclic) bond motifs is 1. The number of carbonyl (C=O) groups excluding carboxylic acids is 1. The zero-order valence-electron chi connectivity index (χ0n) is 10.5. The lowest BCUT2D eigenvalue weighted by Crippen LogP contribution is -2.48. The summed E-state index contributed by atoms with van der Waals surface area (Å²) in [7, 11) is 0. The molecule has 2 N–H and O–H groups in total. The molecule has 0 spiro atoms. The second-order valence-electron chi connectivity index (χ2n) is 5.23.